The molecule has 152 valence electrons. The zero-order valence-electron chi connectivity index (χ0n) is 15.7. The van der Waals surface area contributed by atoms with Gasteiger partial charge in [-0.15, -0.1) is 0 Å². The van der Waals surface area contributed by atoms with Gasteiger partial charge in [0.2, 0.25) is 0 Å². The molecule has 0 unspecified atom stereocenters. The number of alkyl halides is 3. The summed E-state index contributed by atoms with van der Waals surface area (Å²) in [6, 6.07) is 14.4. The second-order valence-corrected chi connectivity index (χ2v) is 6.68. The first-order valence-corrected chi connectivity index (χ1v) is 8.97. The van der Waals surface area contributed by atoms with E-state index in [-0.39, 0.29) is 5.69 Å². The van der Waals surface area contributed by atoms with E-state index >= 15 is 0 Å². The maximum absolute atomic E-state index is 14.3. The lowest BCUT2D eigenvalue weighted by Crippen LogP contribution is -2.49. The fraction of sp³-hybridized carbons (Fsp3) is 0.182. The van der Waals surface area contributed by atoms with Gasteiger partial charge in [-0.2, -0.15) is 18.4 Å². The summed E-state index contributed by atoms with van der Waals surface area (Å²) in [4.78, 5) is 13.5. The number of fused-ring (bicyclic) bond motifs is 3. The first-order valence-electron chi connectivity index (χ1n) is 8.97. The number of para-hydroxylation sites is 1. The van der Waals surface area contributed by atoms with Crippen LogP contribution in [0.25, 0.3) is 6.08 Å². The lowest BCUT2D eigenvalue weighted by Gasteiger charge is -2.44. The Kier molecular flexibility index (Phi) is 4.84. The first kappa shape index (κ1) is 19.7. The molecule has 2 aliphatic heterocycles. The molecule has 0 N–H and O–H groups in total. The number of carbonyl (C=O) groups excluding carboxylic acids is 1. The quantitative estimate of drug-likeness (QED) is 0.681. The van der Waals surface area contributed by atoms with E-state index in [4.69, 9.17) is 14.7 Å². The van der Waals surface area contributed by atoms with Crippen molar-refractivity contribution in [2.45, 2.75) is 18.5 Å². The summed E-state index contributed by atoms with van der Waals surface area (Å²) in [5, 5.41) is 8.98. The van der Waals surface area contributed by atoms with Crippen molar-refractivity contribution in [3.63, 3.8) is 0 Å². The Morgan fingerprint density at radius 1 is 1.17 bits per heavy atom. The fourth-order valence-electron chi connectivity index (χ4n) is 3.65. The van der Waals surface area contributed by atoms with Crippen molar-refractivity contribution < 1.29 is 27.4 Å². The van der Waals surface area contributed by atoms with Crippen molar-refractivity contribution in [3.05, 3.63) is 82.6 Å². The van der Waals surface area contributed by atoms with Crippen LogP contribution >= 0.6 is 0 Å². The topological polar surface area (TPSA) is 62.6 Å². The molecule has 5 nitrogen and oxygen atoms in total. The van der Waals surface area contributed by atoms with E-state index in [1.165, 1.54) is 36.4 Å². The van der Waals surface area contributed by atoms with Gasteiger partial charge in [-0.3, -0.25) is 0 Å². The van der Waals surface area contributed by atoms with Gasteiger partial charge in [0.1, 0.15) is 11.8 Å². The Balaban J connectivity index is 1.97. The van der Waals surface area contributed by atoms with Crippen LogP contribution in [0.3, 0.4) is 0 Å². The average molecular weight is 412 g/mol. The molecule has 2 aromatic carbocycles. The Morgan fingerprint density at radius 2 is 1.87 bits per heavy atom. The molecule has 4 rings (SSSR count). The van der Waals surface area contributed by atoms with Crippen LogP contribution in [0.2, 0.25) is 0 Å². The summed E-state index contributed by atoms with van der Waals surface area (Å²) in [5.41, 5.74) is -0.282. The van der Waals surface area contributed by atoms with Gasteiger partial charge in [0, 0.05) is 0 Å². The molecule has 0 spiro atoms. The van der Waals surface area contributed by atoms with Crippen molar-refractivity contribution in [2.24, 2.45) is 0 Å². The lowest BCUT2D eigenvalue weighted by molar-refractivity contribution is -0.142. The van der Waals surface area contributed by atoms with Crippen LogP contribution in [0.15, 0.2) is 65.9 Å². The first-order chi connectivity index (χ1) is 14.3. The minimum Gasteiger partial charge on any atom is -0.466 e. The molecule has 0 saturated carbocycles. The van der Waals surface area contributed by atoms with Crippen molar-refractivity contribution >= 4 is 17.7 Å². The summed E-state index contributed by atoms with van der Waals surface area (Å²) in [6.45, 7) is 0. The lowest BCUT2D eigenvalue weighted by atomic mass is 9.94. The zero-order chi connectivity index (χ0) is 21.5. The number of rotatable bonds is 2. The van der Waals surface area contributed by atoms with E-state index < -0.39 is 35.7 Å². The van der Waals surface area contributed by atoms with Crippen molar-refractivity contribution in [1.29, 1.82) is 5.26 Å². The van der Waals surface area contributed by atoms with E-state index in [1.54, 1.807) is 24.3 Å². The number of hydrogen-bond acceptors (Lipinski definition) is 5. The number of ether oxygens (including phenoxy) is 2. The highest BCUT2D eigenvalue weighted by Crippen LogP contribution is 2.48. The fourth-order valence-corrected chi connectivity index (χ4v) is 3.65. The predicted molar refractivity (Wildman–Crippen MR) is 102 cm³/mol. The van der Waals surface area contributed by atoms with E-state index in [0.717, 1.165) is 12.0 Å². The summed E-state index contributed by atoms with van der Waals surface area (Å²) in [6.07, 6.45) is -4.06. The van der Waals surface area contributed by atoms with Gasteiger partial charge in [0.25, 0.3) is 0 Å². The molecule has 0 radical (unpaired) electrons. The zero-order valence-corrected chi connectivity index (χ0v) is 15.7. The van der Waals surface area contributed by atoms with Crippen molar-refractivity contribution in [2.75, 3.05) is 12.0 Å². The van der Waals surface area contributed by atoms with E-state index in [2.05, 4.69) is 0 Å². The Morgan fingerprint density at radius 3 is 2.50 bits per heavy atom. The third-order valence-corrected chi connectivity index (χ3v) is 4.94. The molecule has 0 aliphatic carbocycles. The number of methoxy groups -OCH3 is 1. The van der Waals surface area contributed by atoms with Crippen LogP contribution in [-0.4, -0.2) is 25.5 Å². The van der Waals surface area contributed by atoms with Crippen LogP contribution in [0, 0.1) is 11.3 Å². The van der Waals surface area contributed by atoms with Crippen molar-refractivity contribution in [3.8, 4) is 6.07 Å². The van der Waals surface area contributed by atoms with Crippen LogP contribution in [-0.2, 0) is 14.3 Å². The summed E-state index contributed by atoms with van der Waals surface area (Å²) in [5.74, 6) is -1.14. The smallest absolute Gasteiger partial charge is 0.432 e. The number of nitriles is 1. The highest BCUT2D eigenvalue weighted by molar-refractivity contribution is 5.93. The number of halogens is 3. The molecule has 2 aromatic rings. The highest BCUT2D eigenvalue weighted by atomic mass is 19.4. The Bertz CT molecular complexity index is 1100. The predicted octanol–water partition coefficient (Wildman–Crippen LogP) is 4.48. The van der Waals surface area contributed by atoms with Crippen LogP contribution in [0.1, 0.15) is 22.8 Å². The summed E-state index contributed by atoms with van der Waals surface area (Å²) >= 11 is 0. The number of hydrogen-bond donors (Lipinski definition) is 0. The molecular formula is C22H15F3N2O3. The number of nitrogens with zero attached hydrogens (tertiary/aromatic N) is 2. The van der Waals surface area contributed by atoms with E-state index in [9.17, 15) is 18.0 Å². The molecule has 0 aromatic heterocycles. The molecule has 2 aliphatic rings. The van der Waals surface area contributed by atoms with Gasteiger partial charge in [-0.05, 0) is 35.4 Å². The minimum absolute atomic E-state index is 0.275. The second kappa shape index (κ2) is 7.35. The SMILES string of the molecule is COC(=O)C1=C(C(F)(F)F)N2c3ccccc3C=C[C@H]2O[C@H]1c1ccc(C#N)cc1. The number of benzene rings is 2. The molecular weight excluding hydrogens is 397 g/mol. The standard InChI is InChI=1S/C22H15F3N2O3/c1-29-21(28)18-19(15-8-6-13(12-26)7-9-15)30-17-11-10-14-4-2-3-5-16(14)27(17)20(18)22(23,24)25/h2-11,17,19H,1H3/t17-,19+/m1/s1. The van der Waals surface area contributed by atoms with Crippen LogP contribution in [0.4, 0.5) is 18.9 Å². The minimum atomic E-state index is -4.85. The normalized spacial score (nSPS) is 20.3. The molecule has 0 saturated heterocycles. The van der Waals surface area contributed by atoms with Crippen molar-refractivity contribution in [1.82, 2.24) is 0 Å². The maximum atomic E-state index is 14.3. The molecule has 2 heterocycles. The van der Waals surface area contributed by atoms with E-state index in [1.807, 2.05) is 6.07 Å². The summed E-state index contributed by atoms with van der Waals surface area (Å²) in [7, 11) is 1.02. The van der Waals surface area contributed by atoms with Crippen LogP contribution < -0.4 is 4.90 Å². The summed E-state index contributed by atoms with van der Waals surface area (Å²) < 4.78 is 53.7. The van der Waals surface area contributed by atoms with Gasteiger partial charge in [0.05, 0.1) is 30.0 Å². The third kappa shape index (κ3) is 3.23. The molecule has 0 bridgehead atoms. The molecule has 8 heteroatoms. The van der Waals surface area contributed by atoms with Gasteiger partial charge < -0.3 is 14.4 Å². The Labute approximate surface area is 170 Å². The van der Waals surface area contributed by atoms with Gasteiger partial charge in [-0.25, -0.2) is 4.79 Å². The second-order valence-electron chi connectivity index (χ2n) is 6.68. The largest absolute Gasteiger partial charge is 0.466 e. The average Bonchev–Trinajstić information content (AvgIpc) is 2.76. The van der Waals surface area contributed by atoms with Gasteiger partial charge in [0.15, 0.2) is 6.23 Å². The van der Waals surface area contributed by atoms with Gasteiger partial charge in [-0.1, -0.05) is 36.4 Å². The number of anilines is 1. The molecule has 0 amide bonds. The number of carbonyl (C=O) groups is 1. The van der Waals surface area contributed by atoms with Crippen LogP contribution in [0.5, 0.6) is 0 Å². The molecule has 2 atom stereocenters. The third-order valence-electron chi connectivity index (χ3n) is 4.94. The Hall–Kier alpha value is -3.57. The highest BCUT2D eigenvalue weighted by Gasteiger charge is 2.51. The molecule has 30 heavy (non-hydrogen) atoms. The monoisotopic (exact) mass is 412 g/mol. The van der Waals surface area contributed by atoms with E-state index in [0.29, 0.717) is 16.7 Å². The maximum Gasteiger partial charge on any atom is 0.432 e. The molecule has 0 fully saturated rings. The van der Waals surface area contributed by atoms with Gasteiger partial charge >= 0.3 is 12.1 Å². The number of allylic oxidation sites excluding steroid dienone is 1. The number of esters is 1.